The lowest BCUT2D eigenvalue weighted by Gasteiger charge is -2.25. The van der Waals surface area contributed by atoms with E-state index in [4.69, 9.17) is 10.00 Å². The van der Waals surface area contributed by atoms with Crippen LogP contribution in [0.5, 0.6) is 11.6 Å². The predicted molar refractivity (Wildman–Crippen MR) is 119 cm³/mol. The molecule has 4 heteroatoms. The van der Waals surface area contributed by atoms with Crippen molar-refractivity contribution < 1.29 is 4.74 Å². The third-order valence-corrected chi connectivity index (χ3v) is 5.75. The highest BCUT2D eigenvalue weighted by Crippen LogP contribution is 2.29. The Morgan fingerprint density at radius 1 is 1.10 bits per heavy atom. The molecule has 30 heavy (non-hydrogen) atoms. The zero-order valence-electron chi connectivity index (χ0n) is 17.4. The molecule has 152 valence electrons. The van der Waals surface area contributed by atoms with Gasteiger partial charge in [-0.25, -0.2) is 4.98 Å². The summed E-state index contributed by atoms with van der Waals surface area (Å²) in [6.45, 7) is 5.28. The second-order valence-electron chi connectivity index (χ2n) is 8.04. The lowest BCUT2D eigenvalue weighted by Crippen LogP contribution is -2.27. The monoisotopic (exact) mass is 397 g/mol. The highest BCUT2D eigenvalue weighted by molar-refractivity contribution is 5.39. The van der Waals surface area contributed by atoms with Crippen molar-refractivity contribution in [2.75, 3.05) is 13.1 Å². The first-order valence-electron chi connectivity index (χ1n) is 10.6. The van der Waals surface area contributed by atoms with Gasteiger partial charge in [0, 0.05) is 25.4 Å². The smallest absolute Gasteiger partial charge is 0.219 e. The van der Waals surface area contributed by atoms with Gasteiger partial charge in [0.25, 0.3) is 0 Å². The molecule has 1 saturated heterocycles. The predicted octanol–water partition coefficient (Wildman–Crippen LogP) is 5.82. The van der Waals surface area contributed by atoms with E-state index >= 15 is 0 Å². The molecule has 2 aromatic carbocycles. The van der Waals surface area contributed by atoms with Crippen LogP contribution in [-0.2, 0) is 6.54 Å². The molecule has 1 fully saturated rings. The highest BCUT2D eigenvalue weighted by atomic mass is 16.5. The van der Waals surface area contributed by atoms with Crippen molar-refractivity contribution in [2.24, 2.45) is 0 Å². The molecule has 0 radical (unpaired) electrons. The Hall–Kier alpha value is -3.16. The average molecular weight is 398 g/mol. The summed E-state index contributed by atoms with van der Waals surface area (Å²) in [5, 5.41) is 8.89. The molecule has 4 rings (SSSR count). The van der Waals surface area contributed by atoms with Crippen molar-refractivity contribution in [1.29, 1.82) is 5.26 Å². The minimum Gasteiger partial charge on any atom is -0.439 e. The number of nitriles is 1. The van der Waals surface area contributed by atoms with E-state index in [9.17, 15) is 0 Å². The first kappa shape index (κ1) is 20.1. The third-order valence-electron chi connectivity index (χ3n) is 5.75. The van der Waals surface area contributed by atoms with Crippen LogP contribution in [0.15, 0.2) is 66.9 Å². The molecule has 3 aromatic rings. The van der Waals surface area contributed by atoms with Crippen LogP contribution in [0.2, 0.25) is 0 Å². The first-order chi connectivity index (χ1) is 14.7. The van der Waals surface area contributed by atoms with Crippen LogP contribution >= 0.6 is 0 Å². The van der Waals surface area contributed by atoms with E-state index in [1.54, 1.807) is 12.1 Å². The SMILES string of the molecule is Cc1cc(CN2CCCCC(c3ccccc3)C2)ccc1Oc1ccc(C#N)cn1. The van der Waals surface area contributed by atoms with Gasteiger partial charge in [0.15, 0.2) is 0 Å². The average Bonchev–Trinajstić information content (AvgIpc) is 3.02. The summed E-state index contributed by atoms with van der Waals surface area (Å²) < 4.78 is 5.91. The van der Waals surface area contributed by atoms with E-state index in [1.807, 2.05) is 6.07 Å². The second-order valence-corrected chi connectivity index (χ2v) is 8.04. The summed E-state index contributed by atoms with van der Waals surface area (Å²) >= 11 is 0. The summed E-state index contributed by atoms with van der Waals surface area (Å²) in [7, 11) is 0. The maximum Gasteiger partial charge on any atom is 0.219 e. The number of likely N-dealkylation sites (tertiary alicyclic amines) is 1. The topological polar surface area (TPSA) is 49.1 Å². The molecule has 1 atom stereocenters. The zero-order valence-corrected chi connectivity index (χ0v) is 17.4. The van der Waals surface area contributed by atoms with Crippen LogP contribution in [0.3, 0.4) is 0 Å². The van der Waals surface area contributed by atoms with Gasteiger partial charge in [-0.15, -0.1) is 0 Å². The number of pyridine rings is 1. The fourth-order valence-corrected chi connectivity index (χ4v) is 4.16. The van der Waals surface area contributed by atoms with E-state index in [0.717, 1.165) is 30.9 Å². The summed E-state index contributed by atoms with van der Waals surface area (Å²) in [6.07, 6.45) is 5.35. The molecule has 1 unspecified atom stereocenters. The molecule has 0 spiro atoms. The van der Waals surface area contributed by atoms with Gasteiger partial charge in [-0.05, 0) is 61.1 Å². The fourth-order valence-electron chi connectivity index (χ4n) is 4.16. The molecule has 0 N–H and O–H groups in total. The Kier molecular flexibility index (Phi) is 6.41. The van der Waals surface area contributed by atoms with Gasteiger partial charge in [-0.3, -0.25) is 4.90 Å². The maximum absolute atomic E-state index is 8.89. The molecule has 0 bridgehead atoms. The van der Waals surface area contributed by atoms with E-state index in [-0.39, 0.29) is 0 Å². The van der Waals surface area contributed by atoms with Crippen molar-refractivity contribution in [3.05, 3.63) is 89.1 Å². The van der Waals surface area contributed by atoms with Gasteiger partial charge in [0.2, 0.25) is 5.88 Å². The van der Waals surface area contributed by atoms with Crippen molar-refractivity contribution in [3.8, 4) is 17.7 Å². The van der Waals surface area contributed by atoms with Crippen LogP contribution in [-0.4, -0.2) is 23.0 Å². The van der Waals surface area contributed by atoms with E-state index in [2.05, 4.69) is 65.3 Å². The molecule has 1 aliphatic heterocycles. The van der Waals surface area contributed by atoms with Gasteiger partial charge in [0.05, 0.1) is 5.56 Å². The quantitative estimate of drug-likeness (QED) is 0.544. The molecule has 0 aliphatic carbocycles. The summed E-state index contributed by atoms with van der Waals surface area (Å²) in [4.78, 5) is 6.78. The van der Waals surface area contributed by atoms with E-state index in [1.165, 1.54) is 36.6 Å². The highest BCUT2D eigenvalue weighted by Gasteiger charge is 2.20. The Morgan fingerprint density at radius 2 is 1.97 bits per heavy atom. The van der Waals surface area contributed by atoms with E-state index in [0.29, 0.717) is 17.4 Å². The standard InChI is InChI=1S/C26H27N3O/c1-20-15-21(10-12-25(20)30-26-13-11-22(16-27)17-28-26)18-29-14-6-5-9-24(19-29)23-7-3-2-4-8-23/h2-4,7-8,10-13,15,17,24H,5-6,9,14,18-19H2,1H3. The number of hydrogen-bond acceptors (Lipinski definition) is 4. The number of hydrogen-bond donors (Lipinski definition) is 0. The molecule has 4 nitrogen and oxygen atoms in total. The van der Waals surface area contributed by atoms with Crippen LogP contribution in [0.25, 0.3) is 0 Å². The number of aromatic nitrogens is 1. The van der Waals surface area contributed by atoms with Crippen LogP contribution in [0.4, 0.5) is 0 Å². The largest absolute Gasteiger partial charge is 0.439 e. The first-order valence-corrected chi connectivity index (χ1v) is 10.6. The Balaban J connectivity index is 1.42. The van der Waals surface area contributed by atoms with Gasteiger partial charge in [-0.1, -0.05) is 48.9 Å². The van der Waals surface area contributed by atoms with Crippen molar-refractivity contribution in [1.82, 2.24) is 9.88 Å². The number of aryl methyl sites for hydroxylation is 1. The van der Waals surface area contributed by atoms with Crippen LogP contribution in [0.1, 0.15) is 47.4 Å². The maximum atomic E-state index is 8.89. The van der Waals surface area contributed by atoms with Crippen molar-refractivity contribution >= 4 is 0 Å². The zero-order chi connectivity index (χ0) is 20.8. The molecular weight excluding hydrogens is 370 g/mol. The van der Waals surface area contributed by atoms with Gasteiger partial charge in [0.1, 0.15) is 11.8 Å². The van der Waals surface area contributed by atoms with Crippen molar-refractivity contribution in [2.45, 2.75) is 38.6 Å². The minimum absolute atomic E-state index is 0.503. The number of nitrogens with zero attached hydrogens (tertiary/aromatic N) is 3. The fraction of sp³-hybridized carbons (Fsp3) is 0.308. The van der Waals surface area contributed by atoms with Crippen LogP contribution in [0, 0.1) is 18.3 Å². The van der Waals surface area contributed by atoms with Gasteiger partial charge >= 0.3 is 0 Å². The number of benzene rings is 2. The molecule has 1 aromatic heterocycles. The second kappa shape index (κ2) is 9.56. The number of rotatable bonds is 5. The Morgan fingerprint density at radius 3 is 2.70 bits per heavy atom. The molecule has 0 amide bonds. The molecule has 2 heterocycles. The summed E-state index contributed by atoms with van der Waals surface area (Å²) in [5.41, 5.74) is 4.38. The normalized spacial score (nSPS) is 17.1. The lowest BCUT2D eigenvalue weighted by atomic mass is 9.94. The van der Waals surface area contributed by atoms with Crippen LogP contribution < -0.4 is 4.74 Å². The van der Waals surface area contributed by atoms with Crippen molar-refractivity contribution in [3.63, 3.8) is 0 Å². The third kappa shape index (κ3) is 5.06. The molecule has 0 saturated carbocycles. The van der Waals surface area contributed by atoms with Gasteiger partial charge < -0.3 is 4.74 Å². The van der Waals surface area contributed by atoms with Gasteiger partial charge in [-0.2, -0.15) is 5.26 Å². The number of ether oxygens (including phenoxy) is 1. The Bertz CT molecular complexity index is 1010. The molecule has 1 aliphatic rings. The lowest BCUT2D eigenvalue weighted by molar-refractivity contribution is 0.264. The molecular formula is C26H27N3O. The minimum atomic E-state index is 0.503. The Labute approximate surface area is 178 Å². The van der Waals surface area contributed by atoms with E-state index < -0.39 is 0 Å². The summed E-state index contributed by atoms with van der Waals surface area (Å²) in [5.74, 6) is 1.91. The summed E-state index contributed by atoms with van der Waals surface area (Å²) in [6, 6.07) is 22.8.